The highest BCUT2D eigenvalue weighted by atomic mass is 16.4. The maximum Gasteiger partial charge on any atom is 0.0458 e. The van der Waals surface area contributed by atoms with Crippen LogP contribution in [0.2, 0.25) is 0 Å². The van der Waals surface area contributed by atoms with Gasteiger partial charge in [0, 0.05) is 12.4 Å². The molecule has 2 unspecified atom stereocenters. The molecule has 0 bridgehead atoms. The van der Waals surface area contributed by atoms with Gasteiger partial charge in [-0.3, -0.25) is 0 Å². The molecule has 0 spiro atoms. The lowest BCUT2D eigenvalue weighted by molar-refractivity contribution is -0.304. The van der Waals surface area contributed by atoms with Crippen LogP contribution in [-0.4, -0.2) is 5.97 Å². The molecule has 0 saturated heterocycles. The lowest BCUT2D eigenvalue weighted by Crippen LogP contribution is -2.24. The van der Waals surface area contributed by atoms with Crippen LogP contribution >= 0.6 is 0 Å². The summed E-state index contributed by atoms with van der Waals surface area (Å²) in [6.07, 6.45) is 2.16. The molecular weight excluding hydrogens is 272 g/mol. The Bertz CT molecular complexity index is 587. The number of benzene rings is 2. The van der Waals surface area contributed by atoms with Crippen LogP contribution in [0.15, 0.2) is 54.6 Å². The van der Waals surface area contributed by atoms with Crippen LogP contribution in [0.1, 0.15) is 55.2 Å². The normalized spacial score (nSPS) is 13.5. The van der Waals surface area contributed by atoms with Gasteiger partial charge in [0.05, 0.1) is 0 Å². The minimum absolute atomic E-state index is 0.0164. The van der Waals surface area contributed by atoms with Crippen LogP contribution in [0.5, 0.6) is 0 Å². The van der Waals surface area contributed by atoms with Gasteiger partial charge in [0.2, 0.25) is 0 Å². The molecule has 0 aliphatic heterocycles. The van der Waals surface area contributed by atoms with Crippen LogP contribution in [-0.2, 0) is 11.2 Å². The molecule has 2 atom stereocenters. The highest BCUT2D eigenvalue weighted by molar-refractivity contribution is 5.67. The van der Waals surface area contributed by atoms with Crippen molar-refractivity contribution in [3.05, 3.63) is 71.3 Å². The molecule has 2 aromatic carbocycles. The lowest BCUT2D eigenvalue weighted by Gasteiger charge is -2.21. The molecule has 0 fully saturated rings. The Morgan fingerprint density at radius 2 is 1.64 bits per heavy atom. The summed E-state index contributed by atoms with van der Waals surface area (Å²) in [5.41, 5.74) is 3.46. The lowest BCUT2D eigenvalue weighted by atomic mass is 9.84. The van der Waals surface area contributed by atoms with E-state index in [2.05, 4.69) is 50.2 Å². The van der Waals surface area contributed by atoms with Crippen molar-refractivity contribution in [3.8, 4) is 0 Å². The van der Waals surface area contributed by atoms with Crippen LogP contribution < -0.4 is 5.11 Å². The van der Waals surface area contributed by atoms with E-state index in [0.717, 1.165) is 18.4 Å². The van der Waals surface area contributed by atoms with Gasteiger partial charge < -0.3 is 9.90 Å². The maximum atomic E-state index is 10.6. The fourth-order valence-electron chi connectivity index (χ4n) is 2.96. The van der Waals surface area contributed by atoms with Crippen LogP contribution in [0.3, 0.4) is 0 Å². The van der Waals surface area contributed by atoms with Gasteiger partial charge >= 0.3 is 0 Å². The van der Waals surface area contributed by atoms with Gasteiger partial charge in [-0.25, -0.2) is 0 Å². The van der Waals surface area contributed by atoms with E-state index in [9.17, 15) is 9.90 Å². The molecule has 0 heterocycles. The van der Waals surface area contributed by atoms with Crippen LogP contribution in [0.4, 0.5) is 0 Å². The molecule has 0 aliphatic carbocycles. The molecule has 0 radical (unpaired) electrons. The molecule has 0 amide bonds. The second-order valence-electron chi connectivity index (χ2n) is 5.94. The van der Waals surface area contributed by atoms with E-state index in [4.69, 9.17) is 0 Å². The SMILES string of the molecule is CCC(CC(C)c1ccccc1)c1ccc(CC(=O)[O-])cc1. The summed E-state index contributed by atoms with van der Waals surface area (Å²) in [6, 6.07) is 18.5. The third-order valence-corrected chi connectivity index (χ3v) is 4.30. The average molecular weight is 295 g/mol. The van der Waals surface area contributed by atoms with Crippen LogP contribution in [0, 0.1) is 0 Å². The Labute approximate surface area is 132 Å². The second kappa shape index (κ2) is 7.79. The topological polar surface area (TPSA) is 40.1 Å². The molecule has 22 heavy (non-hydrogen) atoms. The number of carboxylic acids is 1. The summed E-state index contributed by atoms with van der Waals surface area (Å²) in [5.74, 6) is -0.0289. The van der Waals surface area contributed by atoms with E-state index in [-0.39, 0.29) is 6.42 Å². The molecule has 0 aromatic heterocycles. The number of carboxylic acid groups (broad SMARTS) is 1. The molecule has 2 nitrogen and oxygen atoms in total. The molecule has 0 N–H and O–H groups in total. The van der Waals surface area contributed by atoms with E-state index < -0.39 is 5.97 Å². The first kappa shape index (κ1) is 16.3. The summed E-state index contributed by atoms with van der Waals surface area (Å²) in [5, 5.41) is 10.6. The first-order chi connectivity index (χ1) is 10.6. The average Bonchev–Trinajstić information content (AvgIpc) is 2.53. The van der Waals surface area contributed by atoms with E-state index in [1.807, 2.05) is 18.2 Å². The second-order valence-corrected chi connectivity index (χ2v) is 5.94. The first-order valence-electron chi connectivity index (χ1n) is 7.93. The number of carbonyl (C=O) groups excluding carboxylic acids is 1. The zero-order valence-electron chi connectivity index (χ0n) is 13.3. The third-order valence-electron chi connectivity index (χ3n) is 4.30. The Balaban J connectivity index is 2.06. The van der Waals surface area contributed by atoms with Crippen molar-refractivity contribution < 1.29 is 9.90 Å². The van der Waals surface area contributed by atoms with E-state index in [0.29, 0.717) is 11.8 Å². The van der Waals surface area contributed by atoms with Crippen LogP contribution in [0.25, 0.3) is 0 Å². The smallest absolute Gasteiger partial charge is 0.0458 e. The Kier molecular flexibility index (Phi) is 5.76. The predicted molar refractivity (Wildman–Crippen MR) is 87.7 cm³/mol. The zero-order chi connectivity index (χ0) is 15.9. The quantitative estimate of drug-likeness (QED) is 0.782. The predicted octanol–water partition coefficient (Wildman–Crippen LogP) is 3.67. The standard InChI is InChI=1S/C20H24O2/c1-3-17(13-15(2)18-7-5-4-6-8-18)19-11-9-16(10-12-19)14-20(21)22/h4-12,15,17H,3,13-14H2,1-2H3,(H,21,22)/p-1. The largest absolute Gasteiger partial charge is 0.550 e. The summed E-state index contributed by atoms with van der Waals surface area (Å²) in [6.45, 7) is 4.47. The van der Waals surface area contributed by atoms with Gasteiger partial charge in [0.15, 0.2) is 0 Å². The fraction of sp³-hybridized carbons (Fsp3) is 0.350. The van der Waals surface area contributed by atoms with E-state index >= 15 is 0 Å². The molecule has 0 saturated carbocycles. The van der Waals surface area contributed by atoms with Crippen molar-refractivity contribution in [1.82, 2.24) is 0 Å². The highest BCUT2D eigenvalue weighted by Gasteiger charge is 2.15. The van der Waals surface area contributed by atoms with E-state index in [1.54, 1.807) is 0 Å². The molecule has 0 aliphatic rings. The van der Waals surface area contributed by atoms with Gasteiger partial charge in [-0.1, -0.05) is 68.4 Å². The maximum absolute atomic E-state index is 10.6. The number of aliphatic carboxylic acids is 1. The number of hydrogen-bond donors (Lipinski definition) is 0. The first-order valence-corrected chi connectivity index (χ1v) is 7.93. The summed E-state index contributed by atoms with van der Waals surface area (Å²) >= 11 is 0. The van der Waals surface area contributed by atoms with Gasteiger partial charge in [-0.2, -0.15) is 0 Å². The Morgan fingerprint density at radius 3 is 2.18 bits per heavy atom. The zero-order valence-corrected chi connectivity index (χ0v) is 13.3. The third kappa shape index (κ3) is 4.45. The summed E-state index contributed by atoms with van der Waals surface area (Å²) < 4.78 is 0. The molecule has 116 valence electrons. The number of rotatable bonds is 7. The van der Waals surface area contributed by atoms with Crippen molar-refractivity contribution in [2.24, 2.45) is 0 Å². The Hall–Kier alpha value is -2.09. The minimum atomic E-state index is -1.03. The van der Waals surface area contributed by atoms with Gasteiger partial charge in [0.25, 0.3) is 0 Å². The number of carbonyl (C=O) groups is 1. The van der Waals surface area contributed by atoms with Crippen molar-refractivity contribution in [2.75, 3.05) is 0 Å². The molecule has 2 aromatic rings. The van der Waals surface area contributed by atoms with Gasteiger partial charge in [0.1, 0.15) is 0 Å². The fourth-order valence-corrected chi connectivity index (χ4v) is 2.96. The minimum Gasteiger partial charge on any atom is -0.550 e. The van der Waals surface area contributed by atoms with Crippen molar-refractivity contribution >= 4 is 5.97 Å². The highest BCUT2D eigenvalue weighted by Crippen LogP contribution is 2.32. The van der Waals surface area contributed by atoms with Gasteiger partial charge in [-0.15, -0.1) is 0 Å². The number of hydrogen-bond acceptors (Lipinski definition) is 2. The van der Waals surface area contributed by atoms with E-state index in [1.165, 1.54) is 11.1 Å². The Morgan fingerprint density at radius 1 is 1.00 bits per heavy atom. The van der Waals surface area contributed by atoms with Crippen molar-refractivity contribution in [3.63, 3.8) is 0 Å². The molecule has 2 heteroatoms. The van der Waals surface area contributed by atoms with Crippen molar-refractivity contribution in [1.29, 1.82) is 0 Å². The monoisotopic (exact) mass is 295 g/mol. The summed E-state index contributed by atoms with van der Waals surface area (Å²) in [7, 11) is 0. The van der Waals surface area contributed by atoms with Crippen molar-refractivity contribution in [2.45, 2.75) is 44.9 Å². The van der Waals surface area contributed by atoms with Gasteiger partial charge in [-0.05, 0) is 41.4 Å². The molecular formula is C20H23O2-. The molecule has 2 rings (SSSR count). The summed E-state index contributed by atoms with van der Waals surface area (Å²) in [4.78, 5) is 10.6.